The zero-order valence-corrected chi connectivity index (χ0v) is 16.3. The van der Waals surface area contributed by atoms with E-state index in [0.717, 1.165) is 37.4 Å². The molecule has 23 heavy (non-hydrogen) atoms. The van der Waals surface area contributed by atoms with Crippen molar-refractivity contribution in [1.82, 2.24) is 0 Å². The second-order valence-corrected chi connectivity index (χ2v) is 9.79. The minimum Gasteiger partial charge on any atom is -0.457 e. The van der Waals surface area contributed by atoms with Crippen molar-refractivity contribution in [3.8, 4) is 0 Å². The maximum atomic E-state index is 12.3. The van der Waals surface area contributed by atoms with Crippen molar-refractivity contribution in [2.24, 2.45) is 0 Å². The lowest BCUT2D eigenvalue weighted by Crippen LogP contribution is -2.26. The highest BCUT2D eigenvalue weighted by atomic mass is 32.3. The molecular weight excluding hydrogens is 308 g/mol. The monoisotopic (exact) mass is 346 g/mol. The van der Waals surface area contributed by atoms with Crippen LogP contribution < -0.4 is 0 Å². The van der Waals surface area contributed by atoms with E-state index in [1.807, 2.05) is 0 Å². The van der Waals surface area contributed by atoms with Crippen LogP contribution in [-0.4, -0.2) is 30.0 Å². The molecular formula is C19H38O3S. The van der Waals surface area contributed by atoms with E-state index in [2.05, 4.69) is 13.8 Å². The van der Waals surface area contributed by atoms with Crippen LogP contribution in [0.3, 0.4) is 0 Å². The van der Waals surface area contributed by atoms with Crippen LogP contribution in [0.4, 0.5) is 4.79 Å². The molecule has 0 aromatic heterocycles. The Kier molecular flexibility index (Phi) is 11.9. The van der Waals surface area contributed by atoms with Gasteiger partial charge in [-0.2, -0.15) is 0 Å². The van der Waals surface area contributed by atoms with Gasteiger partial charge < -0.3 is 8.92 Å². The standard InChI is InChI=1S/C19H38O3S/c1-3-5-6-7-8-9-10-11-12-13-16-21-19(20)23(4-2)18-15-14-17-22-23/h3-18H2,1-2H3. The molecule has 1 atom stereocenters. The Labute approximate surface area is 145 Å². The van der Waals surface area contributed by atoms with Crippen molar-refractivity contribution in [2.45, 2.75) is 90.9 Å². The first-order valence-electron chi connectivity index (χ1n) is 9.85. The van der Waals surface area contributed by atoms with Crippen molar-refractivity contribution >= 4 is 15.6 Å². The third kappa shape index (κ3) is 8.44. The molecule has 3 nitrogen and oxygen atoms in total. The fourth-order valence-corrected chi connectivity index (χ4v) is 5.52. The number of hydrogen-bond acceptors (Lipinski definition) is 3. The summed E-state index contributed by atoms with van der Waals surface area (Å²) in [6.45, 7) is 5.63. The van der Waals surface area contributed by atoms with Crippen LogP contribution in [0, 0.1) is 0 Å². The minimum atomic E-state index is -1.59. The van der Waals surface area contributed by atoms with E-state index in [0.29, 0.717) is 6.61 Å². The van der Waals surface area contributed by atoms with E-state index in [1.54, 1.807) is 0 Å². The quantitative estimate of drug-likeness (QED) is 0.295. The van der Waals surface area contributed by atoms with Gasteiger partial charge in [-0.3, -0.25) is 0 Å². The highest BCUT2D eigenvalue weighted by Crippen LogP contribution is 2.53. The number of carbonyl (C=O) groups is 1. The van der Waals surface area contributed by atoms with E-state index < -0.39 is 10.3 Å². The molecule has 0 amide bonds. The average Bonchev–Trinajstić information content (AvgIpc) is 2.60. The first-order valence-corrected chi connectivity index (χ1v) is 11.7. The summed E-state index contributed by atoms with van der Waals surface area (Å²) in [5.74, 6) is 1.71. The zero-order chi connectivity index (χ0) is 16.8. The summed E-state index contributed by atoms with van der Waals surface area (Å²) in [5.41, 5.74) is 0. The third-order valence-electron chi connectivity index (χ3n) is 4.67. The summed E-state index contributed by atoms with van der Waals surface area (Å²) < 4.78 is 11.4. The Morgan fingerprint density at radius 3 is 2.04 bits per heavy atom. The number of rotatable bonds is 12. The van der Waals surface area contributed by atoms with Crippen LogP contribution in [0.1, 0.15) is 90.9 Å². The van der Waals surface area contributed by atoms with E-state index in [4.69, 9.17) is 8.92 Å². The van der Waals surface area contributed by atoms with Crippen LogP contribution in [0.15, 0.2) is 0 Å². The molecule has 0 N–H and O–H groups in total. The first kappa shape index (κ1) is 20.8. The third-order valence-corrected chi connectivity index (χ3v) is 7.89. The Hall–Kier alpha value is -0.220. The number of carbonyl (C=O) groups excluding carboxylic acids is 1. The molecule has 1 fully saturated rings. The normalized spacial score (nSPS) is 24.1. The average molecular weight is 347 g/mol. The predicted molar refractivity (Wildman–Crippen MR) is 101 cm³/mol. The summed E-state index contributed by atoms with van der Waals surface area (Å²) in [5, 5.41) is -0.0457. The van der Waals surface area contributed by atoms with Gasteiger partial charge in [0.05, 0.1) is 13.2 Å². The number of unbranched alkanes of at least 4 members (excludes halogenated alkanes) is 9. The molecule has 1 aliphatic rings. The van der Waals surface area contributed by atoms with E-state index in [-0.39, 0.29) is 5.30 Å². The van der Waals surface area contributed by atoms with Gasteiger partial charge in [-0.25, -0.2) is 4.79 Å². The van der Waals surface area contributed by atoms with E-state index in [9.17, 15) is 4.79 Å². The van der Waals surface area contributed by atoms with Crippen molar-refractivity contribution < 1.29 is 13.7 Å². The summed E-state index contributed by atoms with van der Waals surface area (Å²) in [6, 6.07) is 0. The lowest BCUT2D eigenvalue weighted by molar-refractivity contribution is 0.166. The molecule has 138 valence electrons. The second-order valence-electron chi connectivity index (χ2n) is 6.61. The largest absolute Gasteiger partial charge is 0.457 e. The van der Waals surface area contributed by atoms with Crippen molar-refractivity contribution in [3.63, 3.8) is 0 Å². The van der Waals surface area contributed by atoms with Gasteiger partial charge in [-0.05, 0) is 29.6 Å². The molecule has 0 bridgehead atoms. The highest BCUT2D eigenvalue weighted by Gasteiger charge is 2.35. The molecule has 0 aromatic carbocycles. The Morgan fingerprint density at radius 1 is 0.913 bits per heavy atom. The smallest absolute Gasteiger partial charge is 0.372 e. The Morgan fingerprint density at radius 2 is 1.52 bits per heavy atom. The van der Waals surface area contributed by atoms with E-state index in [1.165, 1.54) is 57.8 Å². The van der Waals surface area contributed by atoms with Crippen LogP contribution in [0.25, 0.3) is 0 Å². The molecule has 1 heterocycles. The number of hydrogen-bond donors (Lipinski definition) is 0. The Bertz CT molecular complexity index is 301. The molecule has 0 aromatic rings. The van der Waals surface area contributed by atoms with Gasteiger partial charge in [0.2, 0.25) is 0 Å². The summed E-state index contributed by atoms with van der Waals surface area (Å²) in [6.07, 6.45) is 15.2. The van der Waals surface area contributed by atoms with Crippen LogP contribution in [-0.2, 0) is 8.92 Å². The molecule has 1 rings (SSSR count). The fraction of sp³-hybridized carbons (Fsp3) is 0.947. The van der Waals surface area contributed by atoms with Crippen molar-refractivity contribution in [1.29, 1.82) is 0 Å². The van der Waals surface area contributed by atoms with Crippen molar-refractivity contribution in [3.05, 3.63) is 0 Å². The molecule has 0 aliphatic carbocycles. The predicted octanol–water partition coefficient (Wildman–Crippen LogP) is 6.59. The second kappa shape index (κ2) is 13.1. The summed E-state index contributed by atoms with van der Waals surface area (Å²) in [4.78, 5) is 12.3. The summed E-state index contributed by atoms with van der Waals surface area (Å²) in [7, 11) is -1.59. The minimum absolute atomic E-state index is 0.0457. The molecule has 1 aliphatic heterocycles. The van der Waals surface area contributed by atoms with Crippen molar-refractivity contribution in [2.75, 3.05) is 24.7 Å². The Balaban J connectivity index is 1.97. The first-order chi connectivity index (χ1) is 11.2. The van der Waals surface area contributed by atoms with Gasteiger partial charge in [0, 0.05) is 11.5 Å². The van der Waals surface area contributed by atoms with Crippen LogP contribution >= 0.6 is 10.3 Å². The molecule has 1 saturated heterocycles. The van der Waals surface area contributed by atoms with Gasteiger partial charge in [0.15, 0.2) is 0 Å². The summed E-state index contributed by atoms with van der Waals surface area (Å²) >= 11 is 0. The molecule has 0 saturated carbocycles. The number of ether oxygens (including phenoxy) is 1. The zero-order valence-electron chi connectivity index (χ0n) is 15.4. The topological polar surface area (TPSA) is 35.5 Å². The van der Waals surface area contributed by atoms with E-state index >= 15 is 0 Å². The van der Waals surface area contributed by atoms with Gasteiger partial charge in [-0.15, -0.1) is 0 Å². The maximum Gasteiger partial charge on any atom is 0.372 e. The van der Waals surface area contributed by atoms with Gasteiger partial charge in [0.1, 0.15) is 0 Å². The van der Waals surface area contributed by atoms with Gasteiger partial charge in [0.25, 0.3) is 0 Å². The van der Waals surface area contributed by atoms with Gasteiger partial charge in [-0.1, -0.05) is 71.6 Å². The van der Waals surface area contributed by atoms with Gasteiger partial charge >= 0.3 is 5.30 Å². The molecule has 4 heteroatoms. The molecule has 0 radical (unpaired) electrons. The molecule has 1 unspecified atom stereocenters. The molecule has 0 spiro atoms. The lowest BCUT2D eigenvalue weighted by atomic mass is 10.1. The highest BCUT2D eigenvalue weighted by molar-refractivity contribution is 8.41. The SMILES string of the molecule is CCCCCCCCCCCCOC(=O)S1(CC)CCCCO1. The van der Waals surface area contributed by atoms with Crippen LogP contribution in [0.5, 0.6) is 0 Å². The fourth-order valence-electron chi connectivity index (χ4n) is 3.04. The van der Waals surface area contributed by atoms with Crippen LogP contribution in [0.2, 0.25) is 0 Å². The maximum absolute atomic E-state index is 12.3. The lowest BCUT2D eigenvalue weighted by Gasteiger charge is -2.38.